The molecule has 0 N–H and O–H groups in total. The molecule has 0 heterocycles. The maximum Gasteiger partial charge on any atom is 0 e. The third-order valence-corrected chi connectivity index (χ3v) is 0. The van der Waals surface area contributed by atoms with E-state index in [1.54, 1.807) is 0 Å². The molecule has 4 heteroatoms. The van der Waals surface area contributed by atoms with Gasteiger partial charge in [-0.25, -0.2) is 0 Å². The molecule has 0 nitrogen and oxygen atoms in total. The Balaban J connectivity index is 0. The van der Waals surface area contributed by atoms with Crippen molar-refractivity contribution in [2.24, 2.45) is 0 Å². The molecular weight excluding hydrogens is 488 g/mol. The van der Waals surface area contributed by atoms with E-state index < -0.39 is 0 Å². The van der Waals surface area contributed by atoms with Crippen molar-refractivity contribution in [3.05, 3.63) is 0 Å². The van der Waals surface area contributed by atoms with E-state index in [-0.39, 0.29) is 86.9 Å². The summed E-state index contributed by atoms with van der Waals surface area (Å²) in [4.78, 5) is 0. The monoisotopic (exact) mass is 488 g/mol. The fraction of sp³-hybridized carbons (Fsp3) is 0. The molecule has 0 aromatic rings. The summed E-state index contributed by atoms with van der Waals surface area (Å²) in [5, 5.41) is 0. The Bertz CT molecular complexity index is 6.00. The number of hydrogen-bond acceptors (Lipinski definition) is 0. The first-order valence-corrected chi connectivity index (χ1v) is 0. The zero-order chi connectivity index (χ0) is 0. The predicted molar refractivity (Wildman–Crippen MR) is 0 cm³/mol. The van der Waals surface area contributed by atoms with Crippen LogP contribution in [0.2, 0.25) is 0 Å². The molecule has 0 amide bonds. The van der Waals surface area contributed by atoms with Crippen molar-refractivity contribution in [3.63, 3.8) is 0 Å². The van der Waals surface area contributed by atoms with Crippen LogP contribution in [0.5, 0.6) is 0 Å². The maximum atomic E-state index is 0. The molecule has 0 aromatic heterocycles. The molecule has 29 valence electrons. The first kappa shape index (κ1) is 28.8. The van der Waals surface area contributed by atoms with Crippen molar-refractivity contribution in [2.75, 3.05) is 0 Å². The summed E-state index contributed by atoms with van der Waals surface area (Å²) < 4.78 is 0. The van der Waals surface area contributed by atoms with Crippen molar-refractivity contribution >= 4 is 0 Å². The van der Waals surface area contributed by atoms with Crippen molar-refractivity contribution in [3.8, 4) is 0 Å². The van der Waals surface area contributed by atoms with Gasteiger partial charge < -0.3 is 0 Å². The molecule has 4 heavy (non-hydrogen) atoms. The van der Waals surface area contributed by atoms with E-state index in [4.69, 9.17) is 0 Å². The van der Waals surface area contributed by atoms with Crippen LogP contribution >= 0.6 is 0 Å². The summed E-state index contributed by atoms with van der Waals surface area (Å²) in [5.74, 6) is 0. The van der Waals surface area contributed by atoms with E-state index in [2.05, 4.69) is 0 Å². The fourth-order valence-corrected chi connectivity index (χ4v) is 0. The van der Waals surface area contributed by atoms with Crippen LogP contribution in [0.4, 0.5) is 0 Å². The van der Waals surface area contributed by atoms with Gasteiger partial charge in [-0.1, -0.05) is 0 Å². The van der Waals surface area contributed by atoms with Gasteiger partial charge in [-0.05, 0) is 0 Å². The zero-order valence-electron chi connectivity index (χ0n) is 1.62. The molecule has 0 rings (SSSR count). The van der Waals surface area contributed by atoms with Gasteiger partial charge in [-0.2, -0.15) is 0 Å². The van der Waals surface area contributed by atoms with E-state index in [1.165, 1.54) is 0 Å². The summed E-state index contributed by atoms with van der Waals surface area (Å²) in [6, 6.07) is 0. The smallest absolute Gasteiger partial charge is 0 e. The summed E-state index contributed by atoms with van der Waals surface area (Å²) in [6.07, 6.45) is 0. The molecule has 0 saturated heterocycles. The second kappa shape index (κ2) is 16.9. The molecular formula is AuPtTi2. The van der Waals surface area contributed by atoms with Crippen molar-refractivity contribution in [2.45, 2.75) is 0 Å². The van der Waals surface area contributed by atoms with Gasteiger partial charge in [0.2, 0.25) is 0 Å². The normalized spacial score (nSPS) is 0. The van der Waals surface area contributed by atoms with E-state index in [0.717, 1.165) is 0 Å². The zero-order valence-corrected chi connectivity index (χ0v) is 9.18. The Morgan fingerprint density at radius 3 is 0.750 bits per heavy atom. The first-order chi connectivity index (χ1) is 0. The molecule has 0 aliphatic rings. The fourth-order valence-electron chi connectivity index (χ4n) is 0. The van der Waals surface area contributed by atoms with Gasteiger partial charge in [0, 0.05) is 86.9 Å². The topological polar surface area (TPSA) is 0 Å². The van der Waals surface area contributed by atoms with Crippen LogP contribution in [0, 0.1) is 0 Å². The number of hydrogen-bond donors (Lipinski definition) is 0. The summed E-state index contributed by atoms with van der Waals surface area (Å²) >= 11 is 0. The quantitative estimate of drug-likeness (QED) is 0.422. The number of rotatable bonds is 0. The Kier molecular flexibility index (Phi) is 122. The minimum Gasteiger partial charge on any atom is 0 e. The SMILES string of the molecule is [Au].[Pt].[Ti].[Ti]. The minimum atomic E-state index is 0. The minimum absolute atomic E-state index is 0. The van der Waals surface area contributed by atoms with E-state index in [9.17, 15) is 0 Å². The molecule has 0 atom stereocenters. The largest absolute Gasteiger partial charge is 0 e. The summed E-state index contributed by atoms with van der Waals surface area (Å²) in [6.45, 7) is 0. The molecule has 0 aromatic carbocycles. The summed E-state index contributed by atoms with van der Waals surface area (Å²) in [5.41, 5.74) is 0. The van der Waals surface area contributed by atoms with E-state index in [0.29, 0.717) is 0 Å². The van der Waals surface area contributed by atoms with Crippen LogP contribution in [0.15, 0.2) is 0 Å². The Morgan fingerprint density at radius 1 is 0.750 bits per heavy atom. The summed E-state index contributed by atoms with van der Waals surface area (Å²) in [7, 11) is 0. The van der Waals surface area contributed by atoms with Crippen molar-refractivity contribution < 1.29 is 86.9 Å². The van der Waals surface area contributed by atoms with Gasteiger partial charge in [0.1, 0.15) is 0 Å². The van der Waals surface area contributed by atoms with Gasteiger partial charge in [0.15, 0.2) is 0 Å². The molecule has 1 radical (unpaired) electrons. The second-order valence-corrected chi connectivity index (χ2v) is 0. The van der Waals surface area contributed by atoms with E-state index in [1.807, 2.05) is 0 Å². The van der Waals surface area contributed by atoms with Crippen LogP contribution in [-0.4, -0.2) is 0 Å². The predicted octanol–water partition coefficient (Wildman–Crippen LogP) is -0.0100. The van der Waals surface area contributed by atoms with E-state index >= 15 is 0 Å². The standard InChI is InChI=1S/Au.Pt.2Ti. The Labute approximate surface area is 85.4 Å². The van der Waals surface area contributed by atoms with Crippen molar-refractivity contribution in [1.29, 1.82) is 0 Å². The molecule has 0 aliphatic carbocycles. The van der Waals surface area contributed by atoms with Crippen molar-refractivity contribution in [1.82, 2.24) is 0 Å². The average molecular weight is 488 g/mol. The average Bonchev–Trinajstić information content (AvgIpc) is 0. The molecule has 0 fully saturated rings. The molecule has 0 saturated carbocycles. The maximum absolute atomic E-state index is 0. The van der Waals surface area contributed by atoms with Gasteiger partial charge in [0.05, 0.1) is 0 Å². The van der Waals surface area contributed by atoms with Gasteiger partial charge in [-0.15, -0.1) is 0 Å². The third kappa shape index (κ3) is 8.85. The Morgan fingerprint density at radius 2 is 0.750 bits per heavy atom. The van der Waals surface area contributed by atoms with Crippen LogP contribution in [-0.2, 0) is 86.9 Å². The molecule has 0 spiro atoms. The van der Waals surface area contributed by atoms with Gasteiger partial charge in [-0.3, -0.25) is 0 Å². The van der Waals surface area contributed by atoms with Gasteiger partial charge >= 0.3 is 0 Å². The van der Waals surface area contributed by atoms with Gasteiger partial charge in [0.25, 0.3) is 0 Å². The van der Waals surface area contributed by atoms with Crippen LogP contribution in [0.25, 0.3) is 0 Å². The molecule has 0 bridgehead atoms. The van der Waals surface area contributed by atoms with Crippen LogP contribution < -0.4 is 0 Å². The van der Waals surface area contributed by atoms with Crippen LogP contribution in [0.3, 0.4) is 0 Å². The first-order valence-electron chi connectivity index (χ1n) is 0. The van der Waals surface area contributed by atoms with Crippen LogP contribution in [0.1, 0.15) is 0 Å². The molecule has 0 unspecified atom stereocenters. The third-order valence-electron chi connectivity index (χ3n) is 0. The Hall–Kier alpha value is 2.86. The second-order valence-electron chi connectivity index (χ2n) is 0. The molecule has 0 aliphatic heterocycles.